The fourth-order valence-electron chi connectivity index (χ4n) is 3.01. The molecule has 3 unspecified atom stereocenters. The highest BCUT2D eigenvalue weighted by Gasteiger charge is 2.33. The third kappa shape index (κ3) is 1.52. The van der Waals surface area contributed by atoms with Gasteiger partial charge in [-0.05, 0) is 37.5 Å². The zero-order chi connectivity index (χ0) is 8.55. The molecule has 0 aromatic heterocycles. The number of hydrogen-bond acceptors (Lipinski definition) is 1. The first kappa shape index (κ1) is 8.55. The summed E-state index contributed by atoms with van der Waals surface area (Å²) in [7, 11) is 0. The van der Waals surface area contributed by atoms with E-state index in [9.17, 15) is 0 Å². The van der Waals surface area contributed by atoms with E-state index in [0.29, 0.717) is 0 Å². The maximum Gasteiger partial charge on any atom is 0.0100 e. The van der Waals surface area contributed by atoms with Crippen LogP contribution in [0.5, 0.6) is 0 Å². The van der Waals surface area contributed by atoms with E-state index in [1.54, 1.807) is 0 Å². The summed E-state index contributed by atoms with van der Waals surface area (Å²) in [5.41, 5.74) is 0. The molecule has 12 heavy (non-hydrogen) atoms. The number of piperidine rings is 2. The molecule has 1 N–H and O–H groups in total. The van der Waals surface area contributed by atoms with E-state index < -0.39 is 0 Å². The van der Waals surface area contributed by atoms with Gasteiger partial charge in [0.05, 0.1) is 0 Å². The van der Waals surface area contributed by atoms with E-state index in [1.807, 2.05) is 0 Å². The normalized spacial score (nSPS) is 41.8. The number of fused-ring (bicyclic) bond motifs is 2. The predicted octanol–water partition coefficient (Wildman–Crippen LogP) is 2.56. The van der Waals surface area contributed by atoms with Gasteiger partial charge in [-0.25, -0.2) is 0 Å². The minimum atomic E-state index is 0.859. The molecule has 3 atom stereocenters. The van der Waals surface area contributed by atoms with Crippen molar-refractivity contribution in [1.29, 1.82) is 0 Å². The standard InChI is InChI=1S/C11H21N/c1-8(2)10-7-6-9-4-3-5-11(10)12-9/h8-12H,3-7H2,1-2H3. The molecule has 2 rings (SSSR count). The highest BCUT2D eigenvalue weighted by Crippen LogP contribution is 2.33. The Balaban J connectivity index is 1.99. The van der Waals surface area contributed by atoms with Gasteiger partial charge in [-0.2, -0.15) is 0 Å². The summed E-state index contributed by atoms with van der Waals surface area (Å²) in [5.74, 6) is 1.84. The Bertz CT molecular complexity index is 153. The molecular formula is C11H21N. The first-order valence-electron chi connectivity index (χ1n) is 5.53. The SMILES string of the molecule is CC(C)C1CCC2CCCC1N2. The second kappa shape index (κ2) is 3.37. The summed E-state index contributed by atoms with van der Waals surface area (Å²) in [4.78, 5) is 0. The van der Waals surface area contributed by atoms with Gasteiger partial charge in [0.15, 0.2) is 0 Å². The van der Waals surface area contributed by atoms with Crippen molar-refractivity contribution < 1.29 is 0 Å². The van der Waals surface area contributed by atoms with Crippen LogP contribution in [-0.4, -0.2) is 12.1 Å². The monoisotopic (exact) mass is 167 g/mol. The zero-order valence-electron chi connectivity index (χ0n) is 8.34. The third-order valence-electron chi connectivity index (χ3n) is 3.74. The summed E-state index contributed by atoms with van der Waals surface area (Å²) in [6.07, 6.45) is 7.23. The van der Waals surface area contributed by atoms with Crippen molar-refractivity contribution in [3.8, 4) is 0 Å². The van der Waals surface area contributed by atoms with Crippen molar-refractivity contribution in [3.05, 3.63) is 0 Å². The molecule has 2 aliphatic rings. The average Bonchev–Trinajstić information content (AvgIpc) is 2.04. The summed E-state index contributed by atoms with van der Waals surface area (Å²) in [5, 5.41) is 3.78. The van der Waals surface area contributed by atoms with Gasteiger partial charge in [0.1, 0.15) is 0 Å². The first-order chi connectivity index (χ1) is 5.77. The van der Waals surface area contributed by atoms with E-state index in [2.05, 4.69) is 19.2 Å². The molecule has 0 amide bonds. The van der Waals surface area contributed by atoms with Crippen molar-refractivity contribution in [3.63, 3.8) is 0 Å². The van der Waals surface area contributed by atoms with Crippen LogP contribution in [0.25, 0.3) is 0 Å². The fourth-order valence-corrected chi connectivity index (χ4v) is 3.01. The maximum atomic E-state index is 3.78. The summed E-state index contributed by atoms with van der Waals surface area (Å²) in [6.45, 7) is 4.75. The maximum absolute atomic E-state index is 3.78. The topological polar surface area (TPSA) is 12.0 Å². The predicted molar refractivity (Wildman–Crippen MR) is 52.1 cm³/mol. The molecule has 0 radical (unpaired) electrons. The van der Waals surface area contributed by atoms with E-state index in [0.717, 1.165) is 23.9 Å². The first-order valence-corrected chi connectivity index (χ1v) is 5.53. The van der Waals surface area contributed by atoms with Crippen molar-refractivity contribution in [1.82, 2.24) is 5.32 Å². The van der Waals surface area contributed by atoms with Crippen LogP contribution in [-0.2, 0) is 0 Å². The molecule has 2 fully saturated rings. The molecule has 2 bridgehead atoms. The van der Waals surface area contributed by atoms with Gasteiger partial charge in [0.25, 0.3) is 0 Å². The lowest BCUT2D eigenvalue weighted by atomic mass is 9.74. The third-order valence-corrected chi connectivity index (χ3v) is 3.74. The molecule has 70 valence electrons. The molecule has 0 aliphatic carbocycles. The van der Waals surface area contributed by atoms with Crippen LogP contribution in [0.1, 0.15) is 46.0 Å². The lowest BCUT2D eigenvalue weighted by Gasteiger charge is -2.43. The quantitative estimate of drug-likeness (QED) is 0.633. The Morgan fingerprint density at radius 2 is 1.92 bits per heavy atom. The van der Waals surface area contributed by atoms with E-state index in [4.69, 9.17) is 0 Å². The van der Waals surface area contributed by atoms with E-state index in [1.165, 1.54) is 32.1 Å². The molecule has 1 nitrogen and oxygen atoms in total. The number of nitrogens with one attached hydrogen (secondary N) is 1. The molecule has 0 saturated carbocycles. The van der Waals surface area contributed by atoms with Gasteiger partial charge >= 0.3 is 0 Å². The van der Waals surface area contributed by atoms with E-state index >= 15 is 0 Å². The fraction of sp³-hybridized carbons (Fsp3) is 1.00. The van der Waals surface area contributed by atoms with Gasteiger partial charge in [0.2, 0.25) is 0 Å². The Morgan fingerprint density at radius 3 is 2.67 bits per heavy atom. The molecule has 2 heterocycles. The van der Waals surface area contributed by atoms with Crippen LogP contribution in [0.15, 0.2) is 0 Å². The lowest BCUT2D eigenvalue weighted by Crippen LogP contribution is -2.51. The van der Waals surface area contributed by atoms with Crippen LogP contribution in [0.2, 0.25) is 0 Å². The van der Waals surface area contributed by atoms with Crippen LogP contribution < -0.4 is 5.32 Å². The molecule has 1 heteroatoms. The largest absolute Gasteiger partial charge is 0.311 e. The van der Waals surface area contributed by atoms with Crippen molar-refractivity contribution >= 4 is 0 Å². The highest BCUT2D eigenvalue weighted by atomic mass is 15.0. The highest BCUT2D eigenvalue weighted by molar-refractivity contribution is 4.91. The Kier molecular flexibility index (Phi) is 2.40. The van der Waals surface area contributed by atoms with Gasteiger partial charge in [0, 0.05) is 12.1 Å². The van der Waals surface area contributed by atoms with Gasteiger partial charge < -0.3 is 5.32 Å². The molecule has 0 spiro atoms. The number of rotatable bonds is 1. The minimum absolute atomic E-state index is 0.859. The number of hydrogen-bond donors (Lipinski definition) is 1. The van der Waals surface area contributed by atoms with Gasteiger partial charge in [-0.15, -0.1) is 0 Å². The molecular weight excluding hydrogens is 146 g/mol. The lowest BCUT2D eigenvalue weighted by molar-refractivity contribution is 0.138. The van der Waals surface area contributed by atoms with Crippen molar-refractivity contribution in [2.45, 2.75) is 58.0 Å². The zero-order valence-corrected chi connectivity index (χ0v) is 8.34. The second-order valence-corrected chi connectivity index (χ2v) is 4.89. The van der Waals surface area contributed by atoms with Crippen LogP contribution in [0, 0.1) is 11.8 Å². The minimum Gasteiger partial charge on any atom is -0.311 e. The summed E-state index contributed by atoms with van der Waals surface area (Å²) >= 11 is 0. The molecule has 0 aromatic carbocycles. The van der Waals surface area contributed by atoms with Crippen LogP contribution in [0.3, 0.4) is 0 Å². The van der Waals surface area contributed by atoms with E-state index in [-0.39, 0.29) is 0 Å². The van der Waals surface area contributed by atoms with Crippen molar-refractivity contribution in [2.75, 3.05) is 0 Å². The summed E-state index contributed by atoms with van der Waals surface area (Å²) < 4.78 is 0. The molecule has 2 aliphatic heterocycles. The molecule has 2 saturated heterocycles. The smallest absolute Gasteiger partial charge is 0.0100 e. The Labute approximate surface area is 75.9 Å². The van der Waals surface area contributed by atoms with Crippen LogP contribution in [0.4, 0.5) is 0 Å². The Morgan fingerprint density at radius 1 is 1.08 bits per heavy atom. The van der Waals surface area contributed by atoms with Gasteiger partial charge in [-0.3, -0.25) is 0 Å². The van der Waals surface area contributed by atoms with Gasteiger partial charge in [-0.1, -0.05) is 20.3 Å². The van der Waals surface area contributed by atoms with Crippen LogP contribution >= 0.6 is 0 Å². The Hall–Kier alpha value is -0.0400. The summed E-state index contributed by atoms with van der Waals surface area (Å²) in [6, 6.07) is 1.73. The second-order valence-electron chi connectivity index (χ2n) is 4.89. The van der Waals surface area contributed by atoms with Crippen molar-refractivity contribution in [2.24, 2.45) is 11.8 Å². The molecule has 0 aromatic rings. The average molecular weight is 167 g/mol.